The Labute approximate surface area is 90.2 Å². The molecule has 0 aromatic rings. The van der Waals surface area contributed by atoms with Crippen molar-refractivity contribution in [1.82, 2.24) is 0 Å². The van der Waals surface area contributed by atoms with E-state index < -0.39 is 11.5 Å². The van der Waals surface area contributed by atoms with Gasteiger partial charge in [0.05, 0.1) is 0 Å². The first-order chi connectivity index (χ1) is 5.54. The summed E-state index contributed by atoms with van der Waals surface area (Å²) in [6.45, 7) is 0. The number of aliphatic carboxylic acids is 1. The van der Waals surface area contributed by atoms with Gasteiger partial charge in [0.1, 0.15) is 0 Å². The Balaban J connectivity index is 0.000000845. The molecule has 0 amide bonds. The number of carbonyl (C=O) groups excluding carboxylic acids is 1. The molecule has 2 fully saturated rings. The van der Waals surface area contributed by atoms with Crippen LogP contribution in [-0.4, -0.2) is 11.5 Å². The fraction of sp³-hybridized carbons (Fsp3) is 0.889. The Hall–Kier alpha value is 0.0274. The van der Waals surface area contributed by atoms with Crippen LogP contribution in [0.1, 0.15) is 38.5 Å². The molecule has 13 heavy (non-hydrogen) atoms. The van der Waals surface area contributed by atoms with Crippen molar-refractivity contribution in [2.75, 3.05) is 0 Å². The minimum atomic E-state index is -1.01. The van der Waals surface area contributed by atoms with E-state index in [2.05, 4.69) is 0 Å². The Kier molecular flexibility index (Phi) is 2.83. The number of rotatable bonds is 2. The van der Waals surface area contributed by atoms with E-state index in [0.29, 0.717) is 5.41 Å². The van der Waals surface area contributed by atoms with Gasteiger partial charge in [-0.05, 0) is 31.1 Å². The van der Waals surface area contributed by atoms with Crippen molar-refractivity contribution in [2.24, 2.45) is 11.1 Å². The van der Waals surface area contributed by atoms with Crippen molar-refractivity contribution in [1.29, 1.82) is 0 Å². The van der Waals surface area contributed by atoms with Crippen LogP contribution in [0.15, 0.2) is 0 Å². The van der Waals surface area contributed by atoms with E-state index in [1.54, 1.807) is 0 Å². The molecule has 0 radical (unpaired) electrons. The Morgan fingerprint density at radius 2 is 1.92 bits per heavy atom. The third kappa shape index (κ3) is 1.93. The molecule has 0 aromatic carbocycles. The Bertz CT molecular complexity index is 218. The maximum absolute atomic E-state index is 10.3. The number of hydrogen-bond donors (Lipinski definition) is 1. The van der Waals surface area contributed by atoms with Crippen molar-refractivity contribution in [2.45, 2.75) is 44.1 Å². The molecule has 2 saturated carbocycles. The van der Waals surface area contributed by atoms with Gasteiger partial charge in [0, 0.05) is 17.9 Å². The summed E-state index contributed by atoms with van der Waals surface area (Å²) in [5.41, 5.74) is 5.89. The Morgan fingerprint density at radius 1 is 1.38 bits per heavy atom. The van der Waals surface area contributed by atoms with E-state index >= 15 is 0 Å². The van der Waals surface area contributed by atoms with Gasteiger partial charge in [0.2, 0.25) is 0 Å². The number of hydrogen-bond acceptors (Lipinski definition) is 3. The number of carbonyl (C=O) groups is 1. The van der Waals surface area contributed by atoms with Gasteiger partial charge in [-0.3, -0.25) is 0 Å². The molecule has 3 nitrogen and oxygen atoms in total. The topological polar surface area (TPSA) is 66.2 Å². The van der Waals surface area contributed by atoms with Gasteiger partial charge in [-0.1, -0.05) is 6.42 Å². The zero-order valence-corrected chi connectivity index (χ0v) is 8.14. The second-order valence-electron chi connectivity index (χ2n) is 4.62. The van der Waals surface area contributed by atoms with Gasteiger partial charge in [0.25, 0.3) is 0 Å². The SMILES string of the molecule is NC1(CC(=O)[O-])CC2(CCC2)C1.[Li+]. The molecule has 1 spiro atoms. The minimum absolute atomic E-state index is 0. The monoisotopic (exact) mass is 175 g/mol. The average Bonchev–Trinajstić information content (AvgIpc) is 1.76. The van der Waals surface area contributed by atoms with Crippen molar-refractivity contribution >= 4 is 5.97 Å². The number of carboxylic acid groups (broad SMARTS) is 1. The third-order valence-electron chi connectivity index (χ3n) is 3.36. The van der Waals surface area contributed by atoms with Crippen molar-refractivity contribution in [3.63, 3.8) is 0 Å². The molecule has 2 aliphatic rings. The zero-order valence-electron chi connectivity index (χ0n) is 8.14. The van der Waals surface area contributed by atoms with Crippen LogP contribution in [0.5, 0.6) is 0 Å². The normalized spacial score (nSPS) is 26.8. The summed E-state index contributed by atoms with van der Waals surface area (Å²) in [7, 11) is 0. The molecule has 0 aliphatic heterocycles. The summed E-state index contributed by atoms with van der Waals surface area (Å²) >= 11 is 0. The van der Waals surface area contributed by atoms with Crippen LogP contribution >= 0.6 is 0 Å². The molecule has 0 saturated heterocycles. The summed E-state index contributed by atoms with van der Waals surface area (Å²) in [4.78, 5) is 10.3. The third-order valence-corrected chi connectivity index (χ3v) is 3.36. The minimum Gasteiger partial charge on any atom is -0.550 e. The fourth-order valence-electron chi connectivity index (χ4n) is 2.88. The van der Waals surface area contributed by atoms with Gasteiger partial charge in [-0.15, -0.1) is 0 Å². The first kappa shape index (κ1) is 11.1. The molecule has 0 bridgehead atoms. The smallest absolute Gasteiger partial charge is 0.550 e. The van der Waals surface area contributed by atoms with Crippen molar-refractivity contribution in [3.8, 4) is 0 Å². The molecule has 0 heterocycles. The Morgan fingerprint density at radius 3 is 2.23 bits per heavy atom. The van der Waals surface area contributed by atoms with E-state index in [4.69, 9.17) is 5.73 Å². The average molecular weight is 175 g/mol. The summed E-state index contributed by atoms with van der Waals surface area (Å²) in [5, 5.41) is 10.3. The van der Waals surface area contributed by atoms with E-state index in [1.807, 2.05) is 0 Å². The molecule has 0 atom stereocenters. The molecule has 2 aliphatic carbocycles. The molecule has 4 heteroatoms. The van der Waals surface area contributed by atoms with Crippen LogP contribution in [0.3, 0.4) is 0 Å². The van der Waals surface area contributed by atoms with Crippen molar-refractivity contribution < 1.29 is 28.8 Å². The molecule has 2 N–H and O–H groups in total. The largest absolute Gasteiger partial charge is 1.00 e. The maximum atomic E-state index is 10.3. The summed E-state index contributed by atoms with van der Waals surface area (Å²) in [6.07, 6.45) is 5.62. The molecular formula is C9H14LiNO2. The number of nitrogens with two attached hydrogens (primary N) is 1. The summed E-state index contributed by atoms with van der Waals surface area (Å²) in [5.74, 6) is -1.01. The second-order valence-corrected chi connectivity index (χ2v) is 4.62. The van der Waals surface area contributed by atoms with Crippen LogP contribution in [0.25, 0.3) is 0 Å². The quantitative estimate of drug-likeness (QED) is 0.449. The van der Waals surface area contributed by atoms with Gasteiger partial charge in [-0.2, -0.15) is 0 Å². The summed E-state index contributed by atoms with van der Waals surface area (Å²) < 4.78 is 0. The van der Waals surface area contributed by atoms with Gasteiger partial charge >= 0.3 is 18.9 Å². The van der Waals surface area contributed by atoms with E-state index in [0.717, 1.165) is 12.8 Å². The van der Waals surface area contributed by atoms with E-state index in [-0.39, 0.29) is 25.3 Å². The van der Waals surface area contributed by atoms with Crippen LogP contribution in [-0.2, 0) is 4.79 Å². The first-order valence-electron chi connectivity index (χ1n) is 4.53. The number of carboxylic acids is 1. The van der Waals surface area contributed by atoms with Crippen LogP contribution < -0.4 is 29.7 Å². The molecular weight excluding hydrogens is 161 g/mol. The van der Waals surface area contributed by atoms with Crippen LogP contribution in [0, 0.1) is 5.41 Å². The van der Waals surface area contributed by atoms with Crippen molar-refractivity contribution in [3.05, 3.63) is 0 Å². The van der Waals surface area contributed by atoms with Gasteiger partial charge < -0.3 is 15.6 Å². The second kappa shape index (κ2) is 3.31. The van der Waals surface area contributed by atoms with E-state index in [9.17, 15) is 9.90 Å². The van der Waals surface area contributed by atoms with Crippen LogP contribution in [0.2, 0.25) is 0 Å². The predicted molar refractivity (Wildman–Crippen MR) is 42.1 cm³/mol. The van der Waals surface area contributed by atoms with Crippen LogP contribution in [0.4, 0.5) is 0 Å². The van der Waals surface area contributed by atoms with Gasteiger partial charge in [0.15, 0.2) is 0 Å². The molecule has 68 valence electrons. The standard InChI is InChI=1S/C9H15NO2.Li/c10-9(4-7(11)12)5-8(6-9)2-1-3-8;/h1-6,10H2,(H,11,12);/q;+1/p-1. The fourth-order valence-corrected chi connectivity index (χ4v) is 2.88. The first-order valence-corrected chi connectivity index (χ1v) is 4.53. The zero-order chi connectivity index (χ0) is 8.82. The van der Waals surface area contributed by atoms with Gasteiger partial charge in [-0.25, -0.2) is 0 Å². The molecule has 0 unspecified atom stereocenters. The van der Waals surface area contributed by atoms with E-state index in [1.165, 1.54) is 19.3 Å². The molecule has 0 aromatic heterocycles. The summed E-state index contributed by atoms with van der Waals surface area (Å²) in [6, 6.07) is 0. The molecule has 2 rings (SSSR count). The predicted octanol–water partition coefficient (Wildman–Crippen LogP) is -3.21. The maximum Gasteiger partial charge on any atom is 1.00 e.